The molecular formula is C79H74N4OPt-2. The van der Waals surface area contributed by atoms with E-state index in [2.05, 4.69) is 340 Å². The van der Waals surface area contributed by atoms with Gasteiger partial charge in [0.1, 0.15) is 5.82 Å². The zero-order chi connectivity index (χ0) is 58.8. The third-order valence-corrected chi connectivity index (χ3v) is 17.3. The van der Waals surface area contributed by atoms with Gasteiger partial charge in [-0.1, -0.05) is 270 Å². The predicted octanol–water partition coefficient (Wildman–Crippen LogP) is 19.3. The second kappa shape index (κ2) is 22.6. The van der Waals surface area contributed by atoms with Crippen molar-refractivity contribution in [1.29, 1.82) is 0 Å². The van der Waals surface area contributed by atoms with Crippen LogP contribution in [-0.2, 0) is 48.1 Å². The Balaban J connectivity index is 0.00000752. The van der Waals surface area contributed by atoms with Crippen molar-refractivity contribution in [3.63, 3.8) is 0 Å². The SMILES string of the molecule is CC(C)(C)c1cc(-c2ccccc2)cc(-[n+]2[c-]n(-c3[c-]c(Oc4[c-]c5c(c(C(C)(C)c6ccccc6)c4)c4ccccc4n5-c4cc(C(C)(C)C)ccn4)cc(-c4ccccc4)c3)c(C(C)(C)c3ccccc3)c2C(C)(C)c2ccccc2)c1.[Pt]. The Hall–Kier alpha value is -8.37. The van der Waals surface area contributed by atoms with Crippen LogP contribution in [0.4, 0.5) is 0 Å². The van der Waals surface area contributed by atoms with Crippen molar-refractivity contribution in [2.75, 3.05) is 0 Å². The Morgan fingerprint density at radius 3 is 1.52 bits per heavy atom. The summed E-state index contributed by atoms with van der Waals surface area (Å²) in [7, 11) is 0. The van der Waals surface area contributed by atoms with Gasteiger partial charge < -0.3 is 13.9 Å². The van der Waals surface area contributed by atoms with Crippen molar-refractivity contribution in [2.24, 2.45) is 0 Å². The van der Waals surface area contributed by atoms with Crippen molar-refractivity contribution in [2.45, 2.75) is 110 Å². The van der Waals surface area contributed by atoms with Gasteiger partial charge in [0.05, 0.1) is 17.1 Å². The number of rotatable bonds is 13. The average molecular weight is 1290 g/mol. The topological polar surface area (TPSA) is 35.9 Å². The molecule has 0 atom stereocenters. The summed E-state index contributed by atoms with van der Waals surface area (Å²) in [5.74, 6) is 1.94. The molecule has 0 amide bonds. The van der Waals surface area contributed by atoms with Crippen LogP contribution in [0, 0.1) is 18.5 Å². The number of hydrogen-bond donors (Lipinski definition) is 0. The molecule has 0 fully saturated rings. The van der Waals surface area contributed by atoms with Gasteiger partial charge in [-0.25, -0.2) is 4.98 Å². The standard InChI is InChI=1S/C79H74N4O.Pt/c1-75(2,3)61-42-43-80-71(49-61)83-69-41-29-28-40-67(69)72-68(77(7,8)58-34-22-15-23-35-58)51-66(52-70(72)83)84-65-47-57(55-32-20-14-21-33-55)46-64(50-65)82-53-81(63-45-56(54-30-18-13-19-31-54)44-62(48-63)76(4,5)6)73(78(9,10)59-36-24-16-25-37-59)74(82)79(11,12)60-38-26-17-27-39-60;/h13-49,51H,1-12H3;/q-2;. The Kier molecular flexibility index (Phi) is 15.5. The first-order chi connectivity index (χ1) is 40.2. The van der Waals surface area contributed by atoms with Gasteiger partial charge in [0.15, 0.2) is 0 Å². The number of ether oxygens (including phenoxy) is 1. The Bertz CT molecular complexity index is 4350. The number of fused-ring (bicyclic) bond motifs is 3. The summed E-state index contributed by atoms with van der Waals surface area (Å²) in [5.41, 5.74) is 15.5. The van der Waals surface area contributed by atoms with E-state index in [9.17, 15) is 0 Å². The molecule has 0 spiro atoms. The fraction of sp³-hybridized carbons (Fsp3) is 0.215. The molecule has 0 unspecified atom stereocenters. The molecule has 0 aliphatic rings. The van der Waals surface area contributed by atoms with Gasteiger partial charge >= 0.3 is 0 Å². The molecule has 9 aromatic carbocycles. The van der Waals surface area contributed by atoms with E-state index in [0.29, 0.717) is 11.5 Å². The minimum absolute atomic E-state index is 0. The summed E-state index contributed by atoms with van der Waals surface area (Å²) < 4.78 is 14.4. The van der Waals surface area contributed by atoms with Gasteiger partial charge in [0.25, 0.3) is 6.33 Å². The normalized spacial score (nSPS) is 12.4. The van der Waals surface area contributed by atoms with Crippen molar-refractivity contribution in [3.8, 4) is 50.9 Å². The molecule has 3 heterocycles. The van der Waals surface area contributed by atoms with Crippen LogP contribution in [0.2, 0.25) is 0 Å². The molecule has 12 rings (SSSR count). The van der Waals surface area contributed by atoms with Crippen LogP contribution < -0.4 is 9.30 Å². The van der Waals surface area contributed by atoms with Crippen LogP contribution in [0.5, 0.6) is 11.5 Å². The third kappa shape index (κ3) is 11.0. The molecule has 85 heavy (non-hydrogen) atoms. The summed E-state index contributed by atoms with van der Waals surface area (Å²) in [6.45, 7) is 27.7. The number of para-hydroxylation sites is 1. The molecule has 0 saturated heterocycles. The molecule has 6 heteroatoms. The quantitative estimate of drug-likeness (QED) is 0.0852. The van der Waals surface area contributed by atoms with E-state index in [1.807, 2.05) is 6.20 Å². The van der Waals surface area contributed by atoms with Crippen molar-refractivity contribution in [3.05, 3.63) is 294 Å². The first-order valence-electron chi connectivity index (χ1n) is 29.4. The minimum atomic E-state index is -0.589. The molecule has 0 aliphatic heterocycles. The molecule has 5 nitrogen and oxygen atoms in total. The second-order valence-electron chi connectivity index (χ2n) is 26.2. The van der Waals surface area contributed by atoms with Gasteiger partial charge in [0.2, 0.25) is 0 Å². The molecular weight excluding hydrogens is 1220 g/mol. The van der Waals surface area contributed by atoms with Gasteiger partial charge in [0, 0.05) is 55.1 Å². The first-order valence-corrected chi connectivity index (χ1v) is 29.4. The van der Waals surface area contributed by atoms with E-state index in [1.54, 1.807) is 0 Å². The Morgan fingerprint density at radius 2 is 0.941 bits per heavy atom. The minimum Gasteiger partial charge on any atom is -0.510 e. The largest absolute Gasteiger partial charge is 0.510 e. The maximum Gasteiger partial charge on any atom is 0.267 e. The average Bonchev–Trinajstić information content (AvgIpc) is 1.70. The Morgan fingerprint density at radius 1 is 0.435 bits per heavy atom. The zero-order valence-electron chi connectivity index (χ0n) is 51.0. The second-order valence-corrected chi connectivity index (χ2v) is 26.2. The van der Waals surface area contributed by atoms with Crippen LogP contribution in [-0.4, -0.2) is 14.1 Å². The molecule has 0 saturated carbocycles. The van der Waals surface area contributed by atoms with Crippen LogP contribution in [0.3, 0.4) is 0 Å². The van der Waals surface area contributed by atoms with E-state index in [-0.39, 0.29) is 31.9 Å². The molecule has 12 aromatic rings. The van der Waals surface area contributed by atoms with E-state index < -0.39 is 16.2 Å². The number of nitrogens with zero attached hydrogens (tertiary/aromatic N) is 4. The number of pyridine rings is 1. The van der Waals surface area contributed by atoms with Crippen molar-refractivity contribution >= 4 is 21.8 Å². The molecule has 3 aromatic heterocycles. The van der Waals surface area contributed by atoms with Gasteiger partial charge in [-0.05, 0) is 102 Å². The van der Waals surface area contributed by atoms with E-state index in [0.717, 1.165) is 78.2 Å². The molecule has 0 aliphatic carbocycles. The maximum absolute atomic E-state index is 7.45. The molecule has 0 radical (unpaired) electrons. The fourth-order valence-corrected chi connectivity index (χ4v) is 12.3. The summed E-state index contributed by atoms with van der Waals surface area (Å²) in [6.07, 6.45) is 6.05. The number of imidazole rings is 1. The summed E-state index contributed by atoms with van der Waals surface area (Å²) >= 11 is 0. The first kappa shape index (κ1) is 58.4. The summed E-state index contributed by atoms with van der Waals surface area (Å²) in [5, 5.41) is 2.23. The monoisotopic (exact) mass is 1290 g/mol. The molecule has 0 bridgehead atoms. The number of hydrogen-bond acceptors (Lipinski definition) is 2. The maximum atomic E-state index is 7.45. The van der Waals surface area contributed by atoms with Crippen molar-refractivity contribution < 1.29 is 30.4 Å². The zero-order valence-corrected chi connectivity index (χ0v) is 53.2. The molecule has 0 N–H and O–H groups in total. The van der Waals surface area contributed by atoms with E-state index in [1.165, 1.54) is 27.8 Å². The van der Waals surface area contributed by atoms with Crippen LogP contribution in [0.15, 0.2) is 231 Å². The van der Waals surface area contributed by atoms with E-state index >= 15 is 0 Å². The number of benzene rings is 9. The van der Waals surface area contributed by atoms with Crippen LogP contribution >= 0.6 is 0 Å². The van der Waals surface area contributed by atoms with Gasteiger partial charge in [-0.2, -0.15) is 6.07 Å². The smallest absolute Gasteiger partial charge is 0.267 e. The van der Waals surface area contributed by atoms with Crippen molar-refractivity contribution in [1.82, 2.24) is 14.1 Å². The summed E-state index contributed by atoms with van der Waals surface area (Å²) in [4.78, 5) is 5.09. The third-order valence-electron chi connectivity index (χ3n) is 17.3. The Labute approximate surface area is 518 Å². The molecule has 428 valence electrons. The number of aromatic nitrogens is 4. The summed E-state index contributed by atoms with van der Waals surface area (Å²) in [6, 6.07) is 88.4. The fourth-order valence-electron chi connectivity index (χ4n) is 12.3. The van der Waals surface area contributed by atoms with E-state index in [4.69, 9.17) is 9.72 Å². The van der Waals surface area contributed by atoms with Gasteiger partial charge in [-0.3, -0.25) is 4.57 Å². The van der Waals surface area contributed by atoms with Crippen LogP contribution in [0.1, 0.15) is 128 Å². The predicted molar refractivity (Wildman–Crippen MR) is 346 cm³/mol. The van der Waals surface area contributed by atoms with Crippen LogP contribution in [0.25, 0.3) is 61.3 Å². The van der Waals surface area contributed by atoms with Gasteiger partial charge in [-0.15, -0.1) is 35.4 Å².